The smallest absolute Gasteiger partial charge is 0.253 e. The number of fused-ring (bicyclic) bond motifs is 1. The highest BCUT2D eigenvalue weighted by atomic mass is 35.5. The number of aromatic nitrogens is 2. The molecule has 6 nitrogen and oxygen atoms in total. The van der Waals surface area contributed by atoms with Crippen molar-refractivity contribution in [2.24, 2.45) is 22.2 Å². The summed E-state index contributed by atoms with van der Waals surface area (Å²) in [6, 6.07) is 11.5. The highest BCUT2D eigenvalue weighted by molar-refractivity contribution is 6.31. The first-order valence-electron chi connectivity index (χ1n) is 7.35. The molecule has 122 valence electrons. The number of halogens is 1. The standard InChI is InChI=1S/C17H17ClN6/c1-9-6-12(18)7-13-14(9)22-17(24-16(20)21)23-15(13)11-4-2-10(8-19)3-5-11/h2-7H,8,19H2,1H3,(H4,20,21,22,23,24). The van der Waals surface area contributed by atoms with Crippen LogP contribution in [0.4, 0.5) is 5.95 Å². The molecule has 3 aromatic rings. The molecule has 0 unspecified atom stereocenters. The van der Waals surface area contributed by atoms with Gasteiger partial charge in [0.2, 0.25) is 0 Å². The molecule has 3 rings (SSSR count). The van der Waals surface area contributed by atoms with Crippen LogP contribution in [0.15, 0.2) is 41.4 Å². The average Bonchev–Trinajstić information content (AvgIpc) is 2.54. The number of rotatable bonds is 3. The van der Waals surface area contributed by atoms with Crippen molar-refractivity contribution in [2.45, 2.75) is 13.5 Å². The van der Waals surface area contributed by atoms with Crippen LogP contribution in [0, 0.1) is 6.92 Å². The zero-order valence-corrected chi connectivity index (χ0v) is 13.9. The summed E-state index contributed by atoms with van der Waals surface area (Å²) in [5.41, 5.74) is 20.9. The van der Waals surface area contributed by atoms with Gasteiger partial charge in [-0.25, -0.2) is 9.97 Å². The Morgan fingerprint density at radius 3 is 2.46 bits per heavy atom. The molecule has 0 atom stereocenters. The highest BCUT2D eigenvalue weighted by Gasteiger charge is 2.12. The maximum atomic E-state index is 6.22. The Morgan fingerprint density at radius 2 is 1.83 bits per heavy atom. The molecule has 0 spiro atoms. The summed E-state index contributed by atoms with van der Waals surface area (Å²) < 4.78 is 0. The minimum absolute atomic E-state index is 0.0922. The molecule has 0 bridgehead atoms. The monoisotopic (exact) mass is 340 g/mol. The molecular formula is C17H17ClN6. The first-order chi connectivity index (χ1) is 11.5. The number of aliphatic imine (C=N–C) groups is 1. The number of aryl methyl sites for hydroxylation is 1. The van der Waals surface area contributed by atoms with Crippen molar-refractivity contribution in [1.29, 1.82) is 0 Å². The lowest BCUT2D eigenvalue weighted by atomic mass is 10.0. The van der Waals surface area contributed by atoms with E-state index in [2.05, 4.69) is 15.0 Å². The maximum absolute atomic E-state index is 6.22. The normalized spacial score (nSPS) is 10.8. The van der Waals surface area contributed by atoms with Crippen LogP contribution in [0.25, 0.3) is 22.2 Å². The first kappa shape index (κ1) is 16.2. The van der Waals surface area contributed by atoms with E-state index in [4.69, 9.17) is 28.8 Å². The summed E-state index contributed by atoms with van der Waals surface area (Å²) in [6.45, 7) is 2.41. The van der Waals surface area contributed by atoms with Gasteiger partial charge >= 0.3 is 0 Å². The summed E-state index contributed by atoms with van der Waals surface area (Å²) >= 11 is 6.22. The van der Waals surface area contributed by atoms with E-state index < -0.39 is 0 Å². The van der Waals surface area contributed by atoms with Crippen LogP contribution in [-0.4, -0.2) is 15.9 Å². The van der Waals surface area contributed by atoms with Gasteiger partial charge in [0, 0.05) is 22.5 Å². The molecule has 1 heterocycles. The fourth-order valence-electron chi connectivity index (χ4n) is 2.53. The van der Waals surface area contributed by atoms with E-state index in [-0.39, 0.29) is 11.9 Å². The molecule has 0 aliphatic heterocycles. The number of guanidine groups is 1. The Hall–Kier alpha value is -2.70. The molecule has 2 aromatic carbocycles. The van der Waals surface area contributed by atoms with Crippen molar-refractivity contribution in [1.82, 2.24) is 9.97 Å². The Morgan fingerprint density at radius 1 is 1.12 bits per heavy atom. The largest absolute Gasteiger partial charge is 0.370 e. The fraction of sp³-hybridized carbons (Fsp3) is 0.118. The van der Waals surface area contributed by atoms with Crippen LogP contribution in [0.5, 0.6) is 0 Å². The van der Waals surface area contributed by atoms with Crippen molar-refractivity contribution >= 4 is 34.4 Å². The van der Waals surface area contributed by atoms with Crippen LogP contribution in [0.3, 0.4) is 0 Å². The molecule has 6 N–H and O–H groups in total. The van der Waals surface area contributed by atoms with Gasteiger partial charge in [-0.05, 0) is 30.2 Å². The van der Waals surface area contributed by atoms with Crippen LogP contribution in [-0.2, 0) is 6.54 Å². The Labute approximate surface area is 144 Å². The molecule has 7 heteroatoms. The molecule has 0 aliphatic rings. The minimum atomic E-state index is -0.0922. The zero-order chi connectivity index (χ0) is 17.3. The molecule has 0 aliphatic carbocycles. The van der Waals surface area contributed by atoms with E-state index in [1.165, 1.54) is 0 Å². The van der Waals surface area contributed by atoms with Crippen molar-refractivity contribution in [3.63, 3.8) is 0 Å². The molecule has 1 aromatic heterocycles. The predicted octanol–water partition coefficient (Wildman–Crippen LogP) is 2.62. The SMILES string of the molecule is Cc1cc(Cl)cc2c(-c3ccc(CN)cc3)nc(N=C(N)N)nc12. The average molecular weight is 341 g/mol. The lowest BCUT2D eigenvalue weighted by Crippen LogP contribution is -2.22. The van der Waals surface area contributed by atoms with Crippen molar-refractivity contribution in [3.05, 3.63) is 52.5 Å². The van der Waals surface area contributed by atoms with Crippen LogP contribution < -0.4 is 17.2 Å². The van der Waals surface area contributed by atoms with Gasteiger partial charge in [-0.1, -0.05) is 35.9 Å². The van der Waals surface area contributed by atoms with Gasteiger partial charge in [0.15, 0.2) is 5.96 Å². The van der Waals surface area contributed by atoms with Gasteiger partial charge in [-0.3, -0.25) is 0 Å². The van der Waals surface area contributed by atoms with E-state index >= 15 is 0 Å². The maximum Gasteiger partial charge on any atom is 0.253 e. The third-order valence-electron chi connectivity index (χ3n) is 3.64. The quantitative estimate of drug-likeness (QED) is 0.500. The molecule has 24 heavy (non-hydrogen) atoms. The summed E-state index contributed by atoms with van der Waals surface area (Å²) in [4.78, 5) is 12.9. The summed E-state index contributed by atoms with van der Waals surface area (Å²) in [5.74, 6) is 0.122. The second-order valence-electron chi connectivity index (χ2n) is 5.43. The molecule has 0 saturated carbocycles. The van der Waals surface area contributed by atoms with Gasteiger partial charge in [0.25, 0.3) is 5.95 Å². The number of hydrogen-bond acceptors (Lipinski definition) is 4. The van der Waals surface area contributed by atoms with Crippen molar-refractivity contribution in [3.8, 4) is 11.3 Å². The molecule has 0 amide bonds. The summed E-state index contributed by atoms with van der Waals surface area (Å²) in [6.07, 6.45) is 0. The van der Waals surface area contributed by atoms with Crippen molar-refractivity contribution < 1.29 is 0 Å². The Balaban J connectivity index is 2.32. The van der Waals surface area contributed by atoms with Crippen LogP contribution in [0.1, 0.15) is 11.1 Å². The topological polar surface area (TPSA) is 116 Å². The molecular weight excluding hydrogens is 324 g/mol. The fourth-order valence-corrected chi connectivity index (χ4v) is 2.81. The Kier molecular flexibility index (Phi) is 4.33. The lowest BCUT2D eigenvalue weighted by molar-refractivity contribution is 1.07. The Bertz CT molecular complexity index is 930. The highest BCUT2D eigenvalue weighted by Crippen LogP contribution is 2.32. The number of nitrogens with two attached hydrogens (primary N) is 3. The third-order valence-corrected chi connectivity index (χ3v) is 3.85. The van der Waals surface area contributed by atoms with E-state index in [1.807, 2.05) is 43.3 Å². The number of benzene rings is 2. The molecule has 0 radical (unpaired) electrons. The number of hydrogen-bond donors (Lipinski definition) is 3. The summed E-state index contributed by atoms with van der Waals surface area (Å²) in [7, 11) is 0. The van der Waals surface area contributed by atoms with Gasteiger partial charge in [0.1, 0.15) is 0 Å². The molecule has 0 fully saturated rings. The van der Waals surface area contributed by atoms with E-state index in [1.54, 1.807) is 0 Å². The minimum Gasteiger partial charge on any atom is -0.370 e. The lowest BCUT2D eigenvalue weighted by Gasteiger charge is -2.10. The second-order valence-corrected chi connectivity index (χ2v) is 5.87. The predicted molar refractivity (Wildman–Crippen MR) is 98.1 cm³/mol. The van der Waals surface area contributed by atoms with E-state index in [0.717, 1.165) is 27.6 Å². The zero-order valence-electron chi connectivity index (χ0n) is 13.1. The van der Waals surface area contributed by atoms with Crippen LogP contribution in [0.2, 0.25) is 5.02 Å². The third kappa shape index (κ3) is 3.15. The van der Waals surface area contributed by atoms with Gasteiger partial charge in [0.05, 0.1) is 11.2 Å². The second kappa shape index (κ2) is 6.43. The summed E-state index contributed by atoms with van der Waals surface area (Å²) in [5, 5.41) is 1.47. The molecule has 0 saturated heterocycles. The van der Waals surface area contributed by atoms with Crippen LogP contribution >= 0.6 is 11.6 Å². The van der Waals surface area contributed by atoms with Gasteiger partial charge in [-0.2, -0.15) is 4.99 Å². The first-order valence-corrected chi connectivity index (χ1v) is 7.72. The van der Waals surface area contributed by atoms with Gasteiger partial charge < -0.3 is 17.2 Å². The number of nitrogens with zero attached hydrogens (tertiary/aromatic N) is 3. The van der Waals surface area contributed by atoms with Crippen molar-refractivity contribution in [2.75, 3.05) is 0 Å². The van der Waals surface area contributed by atoms with E-state index in [9.17, 15) is 0 Å². The van der Waals surface area contributed by atoms with E-state index in [0.29, 0.717) is 17.3 Å². The van der Waals surface area contributed by atoms with Gasteiger partial charge in [-0.15, -0.1) is 0 Å².